The molecule has 1 aliphatic carbocycles. The quantitative estimate of drug-likeness (QED) is 0.820. The number of hydrogen-bond acceptors (Lipinski definition) is 4. The number of fused-ring (bicyclic) bond motifs is 3. The van der Waals surface area contributed by atoms with E-state index in [0.29, 0.717) is 24.4 Å². The largest absolute Gasteiger partial charge is 0.475 e. The SMILES string of the molecule is CC(C)(C)OC(=O)N1C(COc2cc3ccccc3cn2)CC2CC1C2. The van der Waals surface area contributed by atoms with E-state index in [1.54, 1.807) is 0 Å². The molecule has 3 heterocycles. The number of piperidine rings is 2. The number of nitrogens with zero attached hydrogens (tertiary/aromatic N) is 2. The van der Waals surface area contributed by atoms with E-state index in [4.69, 9.17) is 9.47 Å². The smallest absolute Gasteiger partial charge is 0.410 e. The fourth-order valence-corrected chi connectivity index (χ4v) is 4.00. The van der Waals surface area contributed by atoms with Crippen LogP contribution in [0.5, 0.6) is 5.88 Å². The zero-order chi connectivity index (χ0) is 18.3. The molecule has 1 saturated carbocycles. The van der Waals surface area contributed by atoms with Crippen molar-refractivity contribution in [2.24, 2.45) is 5.92 Å². The summed E-state index contributed by atoms with van der Waals surface area (Å²) in [7, 11) is 0. The molecular weight excluding hydrogens is 328 g/mol. The Labute approximate surface area is 154 Å². The number of carbonyl (C=O) groups is 1. The van der Waals surface area contributed by atoms with Crippen molar-refractivity contribution in [3.05, 3.63) is 36.5 Å². The number of pyridine rings is 1. The number of rotatable bonds is 3. The molecule has 2 aromatic rings. The minimum Gasteiger partial charge on any atom is -0.475 e. The second-order valence-corrected chi connectivity index (χ2v) is 8.45. The van der Waals surface area contributed by atoms with Crippen molar-refractivity contribution in [2.45, 2.75) is 57.7 Å². The van der Waals surface area contributed by atoms with Crippen molar-refractivity contribution < 1.29 is 14.3 Å². The van der Waals surface area contributed by atoms with E-state index >= 15 is 0 Å². The Kier molecular flexibility index (Phi) is 4.25. The third-order valence-corrected chi connectivity index (χ3v) is 5.24. The van der Waals surface area contributed by atoms with Crippen LogP contribution in [0.15, 0.2) is 36.5 Å². The zero-order valence-corrected chi connectivity index (χ0v) is 15.6. The van der Waals surface area contributed by atoms with Gasteiger partial charge >= 0.3 is 6.09 Å². The average molecular weight is 354 g/mol. The maximum Gasteiger partial charge on any atom is 0.410 e. The molecule has 1 atom stereocenters. The summed E-state index contributed by atoms with van der Waals surface area (Å²) in [6.07, 6.45) is 4.76. The molecule has 5 rings (SSSR count). The monoisotopic (exact) mass is 354 g/mol. The Morgan fingerprint density at radius 2 is 1.92 bits per heavy atom. The molecule has 1 aromatic carbocycles. The minimum absolute atomic E-state index is 0.0515. The molecule has 0 spiro atoms. The summed E-state index contributed by atoms with van der Waals surface area (Å²) in [4.78, 5) is 19.0. The lowest BCUT2D eigenvalue weighted by atomic mass is 9.71. The average Bonchev–Trinajstić information content (AvgIpc) is 2.57. The van der Waals surface area contributed by atoms with Crippen molar-refractivity contribution in [1.29, 1.82) is 0 Å². The van der Waals surface area contributed by atoms with Crippen LogP contribution in [0.2, 0.25) is 0 Å². The van der Waals surface area contributed by atoms with E-state index in [9.17, 15) is 4.79 Å². The third kappa shape index (κ3) is 3.48. The van der Waals surface area contributed by atoms with Crippen molar-refractivity contribution in [2.75, 3.05) is 6.61 Å². The van der Waals surface area contributed by atoms with Crippen LogP contribution in [0, 0.1) is 5.92 Å². The highest BCUT2D eigenvalue weighted by Gasteiger charge is 2.47. The number of amides is 1. The molecule has 1 amide bonds. The van der Waals surface area contributed by atoms with Gasteiger partial charge in [-0.2, -0.15) is 0 Å². The Balaban J connectivity index is 1.45. The molecule has 26 heavy (non-hydrogen) atoms. The number of aromatic nitrogens is 1. The molecular formula is C21H26N2O3. The molecule has 1 unspecified atom stereocenters. The van der Waals surface area contributed by atoms with Gasteiger partial charge in [-0.05, 0) is 51.3 Å². The van der Waals surface area contributed by atoms with Crippen LogP contribution in [-0.2, 0) is 4.74 Å². The Bertz CT molecular complexity index is 808. The van der Waals surface area contributed by atoms with Crippen molar-refractivity contribution in [1.82, 2.24) is 9.88 Å². The maximum absolute atomic E-state index is 12.7. The van der Waals surface area contributed by atoms with Crippen molar-refractivity contribution in [3.63, 3.8) is 0 Å². The van der Waals surface area contributed by atoms with Gasteiger partial charge in [0.1, 0.15) is 12.2 Å². The second-order valence-electron chi connectivity index (χ2n) is 8.45. The highest BCUT2D eigenvalue weighted by atomic mass is 16.6. The van der Waals surface area contributed by atoms with Gasteiger partial charge in [-0.15, -0.1) is 0 Å². The maximum atomic E-state index is 12.7. The zero-order valence-electron chi connectivity index (χ0n) is 15.6. The van der Waals surface area contributed by atoms with E-state index in [0.717, 1.165) is 30.0 Å². The fourth-order valence-electron chi connectivity index (χ4n) is 4.00. The van der Waals surface area contributed by atoms with Gasteiger partial charge in [-0.1, -0.05) is 24.3 Å². The fraction of sp³-hybridized carbons (Fsp3) is 0.524. The van der Waals surface area contributed by atoms with Gasteiger partial charge in [0.25, 0.3) is 0 Å². The number of ether oxygens (including phenoxy) is 2. The van der Waals surface area contributed by atoms with Gasteiger partial charge in [-0.3, -0.25) is 4.90 Å². The first-order valence-electron chi connectivity index (χ1n) is 9.38. The predicted octanol–water partition coefficient (Wildman–Crippen LogP) is 4.40. The van der Waals surface area contributed by atoms with Crippen LogP contribution >= 0.6 is 0 Å². The second kappa shape index (κ2) is 6.45. The van der Waals surface area contributed by atoms with Gasteiger partial charge in [0.05, 0.1) is 6.04 Å². The first-order valence-corrected chi connectivity index (χ1v) is 9.38. The van der Waals surface area contributed by atoms with E-state index in [-0.39, 0.29) is 12.1 Å². The van der Waals surface area contributed by atoms with Gasteiger partial charge in [-0.25, -0.2) is 9.78 Å². The highest BCUT2D eigenvalue weighted by Crippen LogP contribution is 2.43. The van der Waals surface area contributed by atoms with E-state index < -0.39 is 5.60 Å². The first-order chi connectivity index (χ1) is 12.4. The molecule has 3 fully saturated rings. The van der Waals surface area contributed by atoms with Crippen molar-refractivity contribution >= 4 is 16.9 Å². The summed E-state index contributed by atoms with van der Waals surface area (Å²) in [6.45, 7) is 6.17. The van der Waals surface area contributed by atoms with Gasteiger partial charge in [0.15, 0.2) is 0 Å². The van der Waals surface area contributed by atoms with Crippen molar-refractivity contribution in [3.8, 4) is 5.88 Å². The molecule has 138 valence electrons. The molecule has 0 N–H and O–H groups in total. The summed E-state index contributed by atoms with van der Waals surface area (Å²) in [5.41, 5.74) is -0.483. The summed E-state index contributed by atoms with van der Waals surface area (Å²) >= 11 is 0. The van der Waals surface area contributed by atoms with Crippen LogP contribution in [0.4, 0.5) is 4.79 Å². The van der Waals surface area contributed by atoms with E-state index in [2.05, 4.69) is 4.98 Å². The summed E-state index contributed by atoms with van der Waals surface area (Å²) < 4.78 is 11.6. The number of carbonyl (C=O) groups excluding carboxylic acids is 1. The normalized spacial score (nSPS) is 24.9. The minimum atomic E-state index is -0.483. The lowest BCUT2D eigenvalue weighted by Gasteiger charge is -2.53. The van der Waals surface area contributed by atoms with Crippen LogP contribution < -0.4 is 4.74 Å². The lowest BCUT2D eigenvalue weighted by Crippen LogP contribution is -2.61. The van der Waals surface area contributed by atoms with Crippen LogP contribution in [0.25, 0.3) is 10.8 Å². The molecule has 5 heteroatoms. The molecule has 0 radical (unpaired) electrons. The molecule has 2 saturated heterocycles. The standard InChI is InChI=1S/C21H26N2O3/c1-21(2,3)26-20(24)23-17-8-14(9-17)10-18(23)13-25-19-11-15-6-4-5-7-16(15)12-22-19/h4-7,11-12,14,17-18H,8-10,13H2,1-3H3. The van der Waals surface area contributed by atoms with Gasteiger partial charge in [0.2, 0.25) is 5.88 Å². The van der Waals surface area contributed by atoms with Crippen LogP contribution in [0.1, 0.15) is 40.0 Å². The summed E-state index contributed by atoms with van der Waals surface area (Å²) in [5, 5.41) is 2.20. The Morgan fingerprint density at radius 3 is 2.65 bits per heavy atom. The topological polar surface area (TPSA) is 51.7 Å². The number of benzene rings is 1. The number of hydrogen-bond donors (Lipinski definition) is 0. The first kappa shape index (κ1) is 17.1. The Morgan fingerprint density at radius 1 is 1.19 bits per heavy atom. The molecule has 2 bridgehead atoms. The van der Waals surface area contributed by atoms with E-state index in [1.807, 2.05) is 62.2 Å². The molecule has 3 aliphatic rings. The summed E-state index contributed by atoms with van der Waals surface area (Å²) in [5.74, 6) is 1.31. The molecule has 2 aliphatic heterocycles. The predicted molar refractivity (Wildman–Crippen MR) is 100 cm³/mol. The highest BCUT2D eigenvalue weighted by molar-refractivity contribution is 5.82. The van der Waals surface area contributed by atoms with Gasteiger partial charge in [0, 0.05) is 23.7 Å². The lowest BCUT2D eigenvalue weighted by molar-refractivity contribution is -0.0610. The summed E-state index contributed by atoms with van der Waals surface area (Å²) in [6, 6.07) is 10.4. The van der Waals surface area contributed by atoms with Gasteiger partial charge < -0.3 is 9.47 Å². The molecule has 5 nitrogen and oxygen atoms in total. The molecule has 1 aromatic heterocycles. The van der Waals surface area contributed by atoms with Crippen LogP contribution in [-0.4, -0.2) is 40.3 Å². The Hall–Kier alpha value is -2.30. The van der Waals surface area contributed by atoms with E-state index in [1.165, 1.54) is 0 Å². The van der Waals surface area contributed by atoms with Crippen LogP contribution in [0.3, 0.4) is 0 Å². The third-order valence-electron chi connectivity index (χ3n) is 5.24.